The Hall–Kier alpha value is -2.57. The van der Waals surface area contributed by atoms with Crippen molar-refractivity contribution < 1.29 is 9.90 Å². The molecule has 2 aromatic heterocycles. The molecule has 0 saturated heterocycles. The van der Waals surface area contributed by atoms with Gasteiger partial charge in [-0.15, -0.1) is 0 Å². The van der Waals surface area contributed by atoms with Crippen molar-refractivity contribution in [2.45, 2.75) is 55.6 Å². The number of amides is 1. The molecule has 1 aliphatic carbocycles. The molecule has 184 valence electrons. The number of thioether (sulfide) groups is 1. The summed E-state index contributed by atoms with van der Waals surface area (Å²) in [5, 5.41) is 21.7. The Morgan fingerprint density at radius 2 is 2.06 bits per heavy atom. The van der Waals surface area contributed by atoms with Crippen LogP contribution in [0.2, 0.25) is 5.02 Å². The Balaban J connectivity index is 1.18. The van der Waals surface area contributed by atoms with Crippen molar-refractivity contribution in [3.63, 3.8) is 0 Å². The molecule has 1 fully saturated rings. The third-order valence-corrected chi connectivity index (χ3v) is 7.83. The fourth-order valence-electron chi connectivity index (χ4n) is 4.61. The van der Waals surface area contributed by atoms with Gasteiger partial charge in [0.15, 0.2) is 5.82 Å². The highest BCUT2D eigenvalue weighted by Crippen LogP contribution is 2.28. The highest BCUT2D eigenvalue weighted by Gasteiger charge is 2.29. The van der Waals surface area contributed by atoms with E-state index in [4.69, 9.17) is 11.6 Å². The summed E-state index contributed by atoms with van der Waals surface area (Å²) in [6, 6.07) is 3.62. The van der Waals surface area contributed by atoms with Crippen molar-refractivity contribution >= 4 is 46.1 Å². The van der Waals surface area contributed by atoms with Gasteiger partial charge in [-0.2, -0.15) is 0 Å². The van der Waals surface area contributed by atoms with Crippen molar-refractivity contribution in [3.05, 3.63) is 51.2 Å². The monoisotopic (exact) mass is 515 g/mol. The highest BCUT2D eigenvalue weighted by atomic mass is 35.5. The summed E-state index contributed by atoms with van der Waals surface area (Å²) in [6.45, 7) is 0.923. The predicted octanol–water partition coefficient (Wildman–Crippen LogP) is 1.58. The molecule has 0 bridgehead atoms. The zero-order valence-corrected chi connectivity index (χ0v) is 20.7. The van der Waals surface area contributed by atoms with Crippen molar-refractivity contribution in [1.29, 1.82) is 0 Å². The van der Waals surface area contributed by atoms with Crippen molar-refractivity contribution in [1.82, 2.24) is 30.2 Å². The standard InChI is InChI=1S/C23H26ClN7O3S/c1-31-20(34)10-27-17-5-3-15(24)14(21(17)31)9-26-16-4-2-12(6-18(16)32)25-7-13-8-28-23-22(29-13)30-19(33)11-35-23/h3,5,8,10,12,16,18,25-26,32H,2,4,6-7,9,11H2,1H3,(H,29,30,33)/t12-,16-,18+/m1/s1. The van der Waals surface area contributed by atoms with E-state index < -0.39 is 6.10 Å². The van der Waals surface area contributed by atoms with E-state index in [0.717, 1.165) is 29.1 Å². The SMILES string of the molecule is Cn1c(=O)cnc2ccc(Cl)c(CN[C@@H]3CC[C@@H](NCc4cnc5c(n4)NC(=O)CS5)C[C@@H]3O)c21. The van der Waals surface area contributed by atoms with Crippen LogP contribution in [0.5, 0.6) is 0 Å². The van der Waals surface area contributed by atoms with Crippen LogP contribution in [0.25, 0.3) is 11.0 Å². The lowest BCUT2D eigenvalue weighted by molar-refractivity contribution is -0.113. The summed E-state index contributed by atoms with van der Waals surface area (Å²) >= 11 is 7.85. The first-order chi connectivity index (χ1) is 16.9. The number of hydrogen-bond acceptors (Lipinski definition) is 9. The topological polar surface area (TPSA) is 134 Å². The smallest absolute Gasteiger partial charge is 0.269 e. The van der Waals surface area contributed by atoms with Gasteiger partial charge in [-0.3, -0.25) is 9.59 Å². The summed E-state index contributed by atoms with van der Waals surface area (Å²) in [5.74, 6) is 0.799. The van der Waals surface area contributed by atoms with Crippen LogP contribution in [0.15, 0.2) is 34.3 Å². The summed E-state index contributed by atoms with van der Waals surface area (Å²) in [6.07, 6.45) is 4.73. The van der Waals surface area contributed by atoms with E-state index >= 15 is 0 Å². The molecule has 1 saturated carbocycles. The number of nitrogens with zero attached hydrogens (tertiary/aromatic N) is 4. The molecular weight excluding hydrogens is 490 g/mol. The second kappa shape index (κ2) is 10.2. The number of benzene rings is 1. The Morgan fingerprint density at radius 3 is 2.89 bits per heavy atom. The maximum absolute atomic E-state index is 12.1. The van der Waals surface area contributed by atoms with Crippen LogP contribution < -0.4 is 21.5 Å². The van der Waals surface area contributed by atoms with Crippen LogP contribution in [0, 0.1) is 0 Å². The average molecular weight is 516 g/mol. The molecular formula is C23H26ClN7O3S. The molecule has 1 amide bonds. The van der Waals surface area contributed by atoms with Gasteiger partial charge in [0.1, 0.15) is 5.03 Å². The molecule has 3 heterocycles. The predicted molar refractivity (Wildman–Crippen MR) is 134 cm³/mol. The van der Waals surface area contributed by atoms with E-state index in [0.29, 0.717) is 47.1 Å². The van der Waals surface area contributed by atoms with Gasteiger partial charge in [-0.1, -0.05) is 23.4 Å². The molecule has 0 radical (unpaired) electrons. The largest absolute Gasteiger partial charge is 0.391 e. The number of carbonyl (C=O) groups excluding carboxylic acids is 1. The quantitative estimate of drug-likeness (QED) is 0.386. The number of carbonyl (C=O) groups is 1. The Labute approximate surface area is 210 Å². The molecule has 3 aromatic rings. The molecule has 3 atom stereocenters. The molecule has 0 spiro atoms. The van der Waals surface area contributed by atoms with Crippen LogP contribution >= 0.6 is 23.4 Å². The van der Waals surface area contributed by atoms with E-state index in [1.807, 2.05) is 0 Å². The van der Waals surface area contributed by atoms with Crippen LogP contribution in [0.1, 0.15) is 30.5 Å². The Bertz CT molecular complexity index is 1330. The highest BCUT2D eigenvalue weighted by molar-refractivity contribution is 8.00. The van der Waals surface area contributed by atoms with E-state index in [9.17, 15) is 14.7 Å². The fourth-order valence-corrected chi connectivity index (χ4v) is 5.53. The van der Waals surface area contributed by atoms with Gasteiger partial charge in [0, 0.05) is 42.8 Å². The van der Waals surface area contributed by atoms with Crippen molar-refractivity contribution in [2.75, 3.05) is 11.1 Å². The van der Waals surface area contributed by atoms with Gasteiger partial charge in [0.05, 0.1) is 41.0 Å². The number of halogens is 1. The van der Waals surface area contributed by atoms with E-state index in [1.54, 1.807) is 29.9 Å². The zero-order chi connectivity index (χ0) is 24.5. The first kappa shape index (κ1) is 24.1. The first-order valence-electron chi connectivity index (χ1n) is 11.5. The summed E-state index contributed by atoms with van der Waals surface area (Å²) in [7, 11) is 1.71. The normalized spacial score (nSPS) is 22.1. The summed E-state index contributed by atoms with van der Waals surface area (Å²) < 4.78 is 1.55. The average Bonchev–Trinajstić information content (AvgIpc) is 2.85. The van der Waals surface area contributed by atoms with Gasteiger partial charge in [0.25, 0.3) is 5.56 Å². The number of aromatic nitrogens is 4. The van der Waals surface area contributed by atoms with Crippen LogP contribution in [0.4, 0.5) is 5.82 Å². The van der Waals surface area contributed by atoms with E-state index in [2.05, 4.69) is 30.9 Å². The molecule has 2 aliphatic rings. The number of hydrogen-bond donors (Lipinski definition) is 4. The molecule has 12 heteroatoms. The number of rotatable bonds is 6. The van der Waals surface area contributed by atoms with Gasteiger partial charge in [0.2, 0.25) is 5.91 Å². The lowest BCUT2D eigenvalue weighted by atomic mass is 9.88. The third kappa shape index (κ3) is 5.19. The number of nitrogens with one attached hydrogen (secondary N) is 3. The van der Waals surface area contributed by atoms with Gasteiger partial charge in [-0.05, 0) is 31.4 Å². The molecule has 35 heavy (non-hydrogen) atoms. The van der Waals surface area contributed by atoms with Gasteiger partial charge < -0.3 is 25.6 Å². The van der Waals surface area contributed by atoms with Crippen molar-refractivity contribution in [3.8, 4) is 0 Å². The molecule has 4 N–H and O–H groups in total. The first-order valence-corrected chi connectivity index (χ1v) is 12.8. The minimum Gasteiger partial charge on any atom is -0.391 e. The molecule has 1 aromatic carbocycles. The molecule has 0 unspecified atom stereocenters. The summed E-state index contributed by atoms with van der Waals surface area (Å²) in [5.41, 5.74) is 2.73. The lowest BCUT2D eigenvalue weighted by Gasteiger charge is -2.34. The van der Waals surface area contributed by atoms with Crippen LogP contribution in [-0.2, 0) is 24.9 Å². The van der Waals surface area contributed by atoms with Crippen LogP contribution in [0.3, 0.4) is 0 Å². The van der Waals surface area contributed by atoms with E-state index in [-0.39, 0.29) is 23.6 Å². The Kier molecular flexibility index (Phi) is 7.03. The van der Waals surface area contributed by atoms with Gasteiger partial charge >= 0.3 is 0 Å². The number of aliphatic hydroxyl groups is 1. The Morgan fingerprint density at radius 1 is 1.20 bits per heavy atom. The fraction of sp³-hybridized carbons (Fsp3) is 0.435. The maximum atomic E-state index is 12.1. The molecule has 1 aliphatic heterocycles. The summed E-state index contributed by atoms with van der Waals surface area (Å²) in [4.78, 5) is 36.8. The minimum atomic E-state index is -0.540. The number of anilines is 1. The maximum Gasteiger partial charge on any atom is 0.269 e. The number of aliphatic hydroxyl groups excluding tert-OH is 1. The molecule has 5 rings (SSSR count). The van der Waals surface area contributed by atoms with Gasteiger partial charge in [-0.25, -0.2) is 15.0 Å². The number of fused-ring (bicyclic) bond motifs is 2. The van der Waals surface area contributed by atoms with Crippen LogP contribution in [-0.4, -0.2) is 54.5 Å². The number of aryl methyl sites for hydroxylation is 1. The minimum absolute atomic E-state index is 0.0703. The molecule has 10 nitrogen and oxygen atoms in total. The van der Waals surface area contributed by atoms with E-state index in [1.165, 1.54) is 18.0 Å². The zero-order valence-electron chi connectivity index (χ0n) is 19.1. The third-order valence-electron chi connectivity index (χ3n) is 6.50. The lowest BCUT2D eigenvalue weighted by Crippen LogP contribution is -2.48. The second-order valence-corrected chi connectivity index (χ2v) is 10.2. The van der Waals surface area contributed by atoms with Crippen molar-refractivity contribution in [2.24, 2.45) is 7.05 Å². The second-order valence-electron chi connectivity index (χ2n) is 8.85.